The van der Waals surface area contributed by atoms with Crippen LogP contribution in [0.3, 0.4) is 0 Å². The number of fused-ring (bicyclic) bond motifs is 1. The fourth-order valence-electron chi connectivity index (χ4n) is 2.40. The van der Waals surface area contributed by atoms with Crippen LogP contribution in [0.1, 0.15) is 31.4 Å². The maximum atomic E-state index is 3.86. The van der Waals surface area contributed by atoms with Crippen molar-refractivity contribution < 1.29 is 0 Å². The minimum absolute atomic E-state index is 1.10. The molecule has 1 aromatic carbocycles. The zero-order valence-corrected chi connectivity index (χ0v) is 10.9. The number of hydrogen-bond donors (Lipinski definition) is 0. The normalized spacial score (nSPS) is 16.4. The molecule has 0 unspecified atom stereocenters. The van der Waals surface area contributed by atoms with Gasteiger partial charge in [-0.15, -0.1) is 0 Å². The zero-order valence-electron chi connectivity index (χ0n) is 10.9. The lowest BCUT2D eigenvalue weighted by molar-refractivity contribution is 0.836. The summed E-state index contributed by atoms with van der Waals surface area (Å²) in [6.45, 7) is 8.96. The second-order valence-corrected chi connectivity index (χ2v) is 4.23. The Bertz CT molecular complexity index is 443. The highest BCUT2D eigenvalue weighted by Crippen LogP contribution is 2.31. The summed E-state index contributed by atoms with van der Waals surface area (Å²) in [4.78, 5) is 2.35. The highest BCUT2D eigenvalue weighted by Gasteiger charge is 2.18. The summed E-state index contributed by atoms with van der Waals surface area (Å²) in [5.41, 5.74) is 5.65. The van der Waals surface area contributed by atoms with Crippen molar-refractivity contribution in [2.45, 2.75) is 33.1 Å². The van der Waals surface area contributed by atoms with E-state index in [0.29, 0.717) is 0 Å². The third kappa shape index (κ3) is 2.14. The predicted octanol–water partition coefficient (Wildman–Crippen LogP) is 4.09. The first-order chi connectivity index (χ1) is 8.38. The first-order valence-electron chi connectivity index (χ1n) is 6.60. The van der Waals surface area contributed by atoms with Gasteiger partial charge < -0.3 is 4.90 Å². The molecule has 0 saturated carbocycles. The Morgan fingerprint density at radius 2 is 1.94 bits per heavy atom. The van der Waals surface area contributed by atoms with Crippen LogP contribution in [0.15, 0.2) is 42.6 Å². The SMILES string of the molecule is C=CC1=CCCN1c1ccc2c(c1)CC2.CC. The van der Waals surface area contributed by atoms with Gasteiger partial charge in [-0.25, -0.2) is 0 Å². The van der Waals surface area contributed by atoms with E-state index in [0.717, 1.165) is 13.0 Å². The topological polar surface area (TPSA) is 3.24 Å². The maximum absolute atomic E-state index is 3.86. The highest BCUT2D eigenvalue weighted by molar-refractivity contribution is 5.60. The number of aryl methyl sites for hydroxylation is 2. The maximum Gasteiger partial charge on any atom is 0.0413 e. The van der Waals surface area contributed by atoms with E-state index in [1.807, 2.05) is 19.9 Å². The third-order valence-corrected chi connectivity index (χ3v) is 3.39. The predicted molar refractivity (Wildman–Crippen MR) is 75.4 cm³/mol. The lowest BCUT2D eigenvalue weighted by atomic mass is 9.88. The number of hydrogen-bond acceptors (Lipinski definition) is 1. The molecule has 17 heavy (non-hydrogen) atoms. The Labute approximate surface area is 104 Å². The Balaban J connectivity index is 0.000000514. The van der Waals surface area contributed by atoms with Gasteiger partial charge in [-0.3, -0.25) is 0 Å². The summed E-state index contributed by atoms with van der Waals surface area (Å²) in [6, 6.07) is 6.84. The molecule has 1 aliphatic heterocycles. The van der Waals surface area contributed by atoms with Crippen molar-refractivity contribution in [2.24, 2.45) is 0 Å². The molecule has 0 atom stereocenters. The van der Waals surface area contributed by atoms with Gasteiger partial charge in [0, 0.05) is 17.9 Å². The summed E-state index contributed by atoms with van der Waals surface area (Å²) in [5, 5.41) is 0. The van der Waals surface area contributed by atoms with Crippen LogP contribution in [0, 0.1) is 0 Å². The number of allylic oxidation sites excluding steroid dienone is 1. The monoisotopic (exact) mass is 227 g/mol. The molecule has 1 aliphatic carbocycles. The van der Waals surface area contributed by atoms with Gasteiger partial charge in [-0.2, -0.15) is 0 Å². The molecule has 0 spiro atoms. The Morgan fingerprint density at radius 3 is 2.53 bits per heavy atom. The summed E-state index contributed by atoms with van der Waals surface area (Å²) < 4.78 is 0. The number of anilines is 1. The molecule has 2 aliphatic rings. The van der Waals surface area contributed by atoms with E-state index >= 15 is 0 Å². The summed E-state index contributed by atoms with van der Waals surface area (Å²) in [7, 11) is 0. The van der Waals surface area contributed by atoms with E-state index < -0.39 is 0 Å². The molecule has 0 N–H and O–H groups in total. The van der Waals surface area contributed by atoms with Gasteiger partial charge in [0.05, 0.1) is 0 Å². The Hall–Kier alpha value is -1.50. The molecule has 0 aromatic heterocycles. The molecule has 1 nitrogen and oxygen atoms in total. The van der Waals surface area contributed by atoms with Crippen LogP contribution < -0.4 is 4.90 Å². The average molecular weight is 227 g/mol. The van der Waals surface area contributed by atoms with E-state index in [4.69, 9.17) is 0 Å². The van der Waals surface area contributed by atoms with Gasteiger partial charge >= 0.3 is 0 Å². The van der Waals surface area contributed by atoms with Gasteiger partial charge in [0.15, 0.2) is 0 Å². The molecule has 0 amide bonds. The van der Waals surface area contributed by atoms with Crippen molar-refractivity contribution in [3.8, 4) is 0 Å². The summed E-state index contributed by atoms with van der Waals surface area (Å²) in [5.74, 6) is 0. The Morgan fingerprint density at radius 1 is 1.18 bits per heavy atom. The molecule has 0 saturated heterocycles. The van der Waals surface area contributed by atoms with Crippen molar-refractivity contribution in [1.82, 2.24) is 0 Å². The molecular weight excluding hydrogens is 206 g/mol. The van der Waals surface area contributed by atoms with Gasteiger partial charge in [-0.1, -0.05) is 32.6 Å². The number of nitrogens with zero attached hydrogens (tertiary/aromatic N) is 1. The first kappa shape index (κ1) is 12.0. The molecule has 1 heterocycles. The van der Waals surface area contributed by atoms with Gasteiger partial charge in [-0.05, 0) is 48.6 Å². The molecular formula is C16H21N. The van der Waals surface area contributed by atoms with Crippen molar-refractivity contribution in [2.75, 3.05) is 11.4 Å². The smallest absolute Gasteiger partial charge is 0.0413 e. The minimum Gasteiger partial charge on any atom is -0.341 e. The van der Waals surface area contributed by atoms with Crippen molar-refractivity contribution in [1.29, 1.82) is 0 Å². The quantitative estimate of drug-likeness (QED) is 0.735. The van der Waals surface area contributed by atoms with Crippen LogP contribution in [0.2, 0.25) is 0 Å². The molecule has 0 fully saturated rings. The zero-order chi connectivity index (χ0) is 12.3. The van der Waals surface area contributed by atoms with Gasteiger partial charge in [0.25, 0.3) is 0 Å². The summed E-state index contributed by atoms with van der Waals surface area (Å²) in [6.07, 6.45) is 7.86. The largest absolute Gasteiger partial charge is 0.341 e. The van der Waals surface area contributed by atoms with Crippen LogP contribution in [0.5, 0.6) is 0 Å². The van der Waals surface area contributed by atoms with Crippen LogP contribution >= 0.6 is 0 Å². The van der Waals surface area contributed by atoms with Crippen LogP contribution in [0.4, 0.5) is 5.69 Å². The summed E-state index contributed by atoms with van der Waals surface area (Å²) >= 11 is 0. The highest BCUT2D eigenvalue weighted by atomic mass is 15.1. The molecule has 90 valence electrons. The van der Waals surface area contributed by atoms with Gasteiger partial charge in [0.1, 0.15) is 0 Å². The molecule has 1 heteroatoms. The van der Waals surface area contributed by atoms with Crippen LogP contribution in [-0.2, 0) is 12.8 Å². The second-order valence-electron chi connectivity index (χ2n) is 4.23. The number of benzene rings is 1. The van der Waals surface area contributed by atoms with E-state index in [1.54, 1.807) is 0 Å². The average Bonchev–Trinajstić information content (AvgIpc) is 2.81. The van der Waals surface area contributed by atoms with Crippen molar-refractivity contribution >= 4 is 5.69 Å². The lowest BCUT2D eigenvalue weighted by Gasteiger charge is -2.25. The van der Waals surface area contributed by atoms with E-state index in [9.17, 15) is 0 Å². The number of rotatable bonds is 2. The molecule has 0 bridgehead atoms. The third-order valence-electron chi connectivity index (χ3n) is 3.39. The minimum atomic E-state index is 1.10. The van der Waals surface area contributed by atoms with E-state index in [-0.39, 0.29) is 0 Å². The molecule has 1 aromatic rings. The van der Waals surface area contributed by atoms with E-state index in [2.05, 4.69) is 35.8 Å². The van der Waals surface area contributed by atoms with Crippen LogP contribution in [-0.4, -0.2) is 6.54 Å². The van der Waals surface area contributed by atoms with Gasteiger partial charge in [0.2, 0.25) is 0 Å². The molecule has 3 rings (SSSR count). The standard InChI is InChI=1S/C14H15N.C2H6/c1-2-13-4-3-9-15(13)14-8-7-11-5-6-12(11)10-14;1-2/h2,4,7-8,10H,1,3,5-6,9H2;1-2H3. The first-order valence-corrected chi connectivity index (χ1v) is 6.60. The van der Waals surface area contributed by atoms with E-state index in [1.165, 1.54) is 35.4 Å². The molecule has 0 radical (unpaired) electrons. The fraction of sp³-hybridized carbons (Fsp3) is 0.375. The van der Waals surface area contributed by atoms with Crippen molar-refractivity contribution in [3.63, 3.8) is 0 Å². The van der Waals surface area contributed by atoms with Crippen LogP contribution in [0.25, 0.3) is 0 Å². The Kier molecular flexibility index (Phi) is 3.68. The fourth-order valence-corrected chi connectivity index (χ4v) is 2.40. The lowest BCUT2D eigenvalue weighted by Crippen LogP contribution is -2.19. The second kappa shape index (κ2) is 5.22. The van der Waals surface area contributed by atoms with Crippen molar-refractivity contribution in [3.05, 3.63) is 53.8 Å².